The fraction of sp³-hybridized carbons (Fsp3) is 0.833. The van der Waals surface area contributed by atoms with Crippen molar-refractivity contribution in [1.82, 2.24) is 14.7 Å². The number of carboxylic acids is 1. The number of thioether (sulfide) groups is 1. The van der Waals surface area contributed by atoms with Crippen molar-refractivity contribution in [3.05, 3.63) is 0 Å². The molecule has 2 aliphatic heterocycles. The predicted molar refractivity (Wildman–Crippen MR) is 74.3 cm³/mol. The van der Waals surface area contributed by atoms with E-state index in [1.54, 1.807) is 11.9 Å². The van der Waals surface area contributed by atoms with E-state index in [0.717, 1.165) is 25.9 Å². The number of piperidine rings is 1. The summed E-state index contributed by atoms with van der Waals surface area (Å²) < 4.78 is 0. The first-order valence-electron chi connectivity index (χ1n) is 6.53. The van der Waals surface area contributed by atoms with Gasteiger partial charge in [0.05, 0.1) is 5.88 Å². The fourth-order valence-corrected chi connectivity index (χ4v) is 3.72. The Hall–Kier alpha value is -0.950. The number of hydrogen-bond acceptors (Lipinski definition) is 4. The van der Waals surface area contributed by atoms with Crippen LogP contribution in [-0.4, -0.2) is 82.7 Å². The number of carboxylic acid groups (broad SMARTS) is 1. The molecule has 2 aliphatic rings. The number of urea groups is 1. The van der Waals surface area contributed by atoms with Crippen LogP contribution in [-0.2, 0) is 4.79 Å². The standard InChI is InChI=1S/C12H21N3O3S/c1-13-5-3-9(4-6-13)14(2)12(18)15-8-19-7-10(15)11(16)17/h9-10H,3-8H2,1-2H3,(H,16,17)/t10-/m0/s1. The molecule has 2 saturated heterocycles. The minimum atomic E-state index is -0.907. The van der Waals surface area contributed by atoms with Gasteiger partial charge in [0.25, 0.3) is 0 Å². The average molecular weight is 287 g/mol. The van der Waals surface area contributed by atoms with Gasteiger partial charge in [-0.15, -0.1) is 11.8 Å². The second-order valence-corrected chi connectivity index (χ2v) is 6.25. The molecule has 0 spiro atoms. The van der Waals surface area contributed by atoms with Gasteiger partial charge in [-0.3, -0.25) is 0 Å². The molecule has 2 rings (SSSR count). The summed E-state index contributed by atoms with van der Waals surface area (Å²) in [6, 6.07) is -0.595. The lowest BCUT2D eigenvalue weighted by Gasteiger charge is -2.37. The third-order valence-corrected chi connectivity index (χ3v) is 4.96. The van der Waals surface area contributed by atoms with Crippen LogP contribution in [0.1, 0.15) is 12.8 Å². The molecule has 2 heterocycles. The molecule has 19 heavy (non-hydrogen) atoms. The zero-order chi connectivity index (χ0) is 14.0. The van der Waals surface area contributed by atoms with Gasteiger partial charge < -0.3 is 19.8 Å². The maximum atomic E-state index is 12.4. The molecule has 0 unspecified atom stereocenters. The summed E-state index contributed by atoms with van der Waals surface area (Å²) in [6.07, 6.45) is 1.91. The lowest BCUT2D eigenvalue weighted by Crippen LogP contribution is -2.52. The average Bonchev–Trinajstić information content (AvgIpc) is 2.87. The molecule has 6 nitrogen and oxygen atoms in total. The highest BCUT2D eigenvalue weighted by atomic mass is 32.2. The molecule has 0 bridgehead atoms. The van der Waals surface area contributed by atoms with Crippen molar-refractivity contribution in [3.63, 3.8) is 0 Å². The summed E-state index contributed by atoms with van der Waals surface area (Å²) >= 11 is 1.50. The first-order valence-corrected chi connectivity index (χ1v) is 7.68. The van der Waals surface area contributed by atoms with Crippen molar-refractivity contribution in [2.45, 2.75) is 24.9 Å². The van der Waals surface area contributed by atoms with Gasteiger partial charge in [-0.1, -0.05) is 0 Å². The van der Waals surface area contributed by atoms with Gasteiger partial charge in [0.2, 0.25) is 0 Å². The van der Waals surface area contributed by atoms with Crippen molar-refractivity contribution < 1.29 is 14.7 Å². The minimum Gasteiger partial charge on any atom is -0.480 e. The van der Waals surface area contributed by atoms with E-state index in [9.17, 15) is 9.59 Å². The van der Waals surface area contributed by atoms with E-state index in [1.807, 2.05) is 0 Å². The third kappa shape index (κ3) is 3.14. The molecule has 0 radical (unpaired) electrons. The number of hydrogen-bond donors (Lipinski definition) is 1. The minimum absolute atomic E-state index is 0.146. The zero-order valence-corrected chi connectivity index (χ0v) is 12.2. The quantitative estimate of drug-likeness (QED) is 0.805. The molecule has 2 amide bonds. The van der Waals surface area contributed by atoms with E-state index < -0.39 is 12.0 Å². The van der Waals surface area contributed by atoms with E-state index >= 15 is 0 Å². The smallest absolute Gasteiger partial charge is 0.327 e. The van der Waals surface area contributed by atoms with Gasteiger partial charge >= 0.3 is 12.0 Å². The predicted octanol–water partition coefficient (Wildman–Crippen LogP) is 0.592. The molecule has 2 fully saturated rings. The van der Waals surface area contributed by atoms with Gasteiger partial charge in [0.15, 0.2) is 0 Å². The highest BCUT2D eigenvalue weighted by Gasteiger charge is 2.37. The molecule has 0 aliphatic carbocycles. The lowest BCUT2D eigenvalue weighted by atomic mass is 10.0. The molecule has 7 heteroatoms. The number of carbonyl (C=O) groups is 2. The Morgan fingerprint density at radius 3 is 2.53 bits per heavy atom. The molecule has 0 aromatic rings. The van der Waals surface area contributed by atoms with Crippen LogP contribution in [0.2, 0.25) is 0 Å². The number of rotatable bonds is 2. The van der Waals surface area contributed by atoms with Gasteiger partial charge in [-0.05, 0) is 33.0 Å². The van der Waals surface area contributed by atoms with E-state index in [-0.39, 0.29) is 12.1 Å². The van der Waals surface area contributed by atoms with Crippen LogP contribution in [0.15, 0.2) is 0 Å². The van der Waals surface area contributed by atoms with Gasteiger partial charge in [0.1, 0.15) is 6.04 Å². The number of likely N-dealkylation sites (tertiary alicyclic amines) is 1. The van der Waals surface area contributed by atoms with Gasteiger partial charge in [-0.25, -0.2) is 9.59 Å². The van der Waals surface area contributed by atoms with E-state index in [4.69, 9.17) is 5.11 Å². The largest absolute Gasteiger partial charge is 0.480 e. The molecule has 108 valence electrons. The third-order valence-electron chi connectivity index (χ3n) is 3.95. The van der Waals surface area contributed by atoms with E-state index in [1.165, 1.54) is 16.7 Å². The Morgan fingerprint density at radius 2 is 1.95 bits per heavy atom. The second-order valence-electron chi connectivity index (χ2n) is 5.25. The summed E-state index contributed by atoms with van der Waals surface area (Å²) in [6.45, 7) is 1.97. The molecule has 0 aromatic heterocycles. The first-order chi connectivity index (χ1) is 9.00. The summed E-state index contributed by atoms with van der Waals surface area (Å²) in [4.78, 5) is 29.0. The van der Waals surface area contributed by atoms with Crippen molar-refractivity contribution >= 4 is 23.8 Å². The molecule has 1 atom stereocenters. The molecular weight excluding hydrogens is 266 g/mol. The number of carbonyl (C=O) groups excluding carboxylic acids is 1. The van der Waals surface area contributed by atoms with Crippen molar-refractivity contribution in [3.8, 4) is 0 Å². The summed E-state index contributed by atoms with van der Waals surface area (Å²) in [5, 5.41) is 9.13. The Balaban J connectivity index is 1.96. The Kier molecular flexibility index (Phi) is 4.57. The van der Waals surface area contributed by atoms with Crippen LogP contribution >= 0.6 is 11.8 Å². The molecular formula is C12H21N3O3S. The van der Waals surface area contributed by atoms with Crippen LogP contribution in [0.4, 0.5) is 4.79 Å². The topological polar surface area (TPSA) is 64.1 Å². The lowest BCUT2D eigenvalue weighted by molar-refractivity contribution is -0.141. The number of amides is 2. The first kappa shape index (κ1) is 14.5. The highest BCUT2D eigenvalue weighted by molar-refractivity contribution is 7.99. The Bertz CT molecular complexity index is 358. The zero-order valence-electron chi connectivity index (χ0n) is 11.4. The van der Waals surface area contributed by atoms with Crippen LogP contribution in [0, 0.1) is 0 Å². The van der Waals surface area contributed by atoms with E-state index in [2.05, 4.69) is 11.9 Å². The van der Waals surface area contributed by atoms with Gasteiger partial charge in [-0.2, -0.15) is 0 Å². The summed E-state index contributed by atoms with van der Waals surface area (Å²) in [5.74, 6) is 0.0601. The van der Waals surface area contributed by atoms with Gasteiger partial charge in [0, 0.05) is 18.8 Å². The van der Waals surface area contributed by atoms with E-state index in [0.29, 0.717) is 11.6 Å². The maximum absolute atomic E-state index is 12.4. The number of aliphatic carboxylic acids is 1. The SMILES string of the molecule is CN1CCC(N(C)C(=O)N2CSC[C@H]2C(=O)O)CC1. The van der Waals surface area contributed by atoms with Crippen LogP contribution < -0.4 is 0 Å². The van der Waals surface area contributed by atoms with Crippen molar-refractivity contribution in [2.75, 3.05) is 38.8 Å². The maximum Gasteiger partial charge on any atom is 0.327 e. The normalized spacial score (nSPS) is 25.6. The second kappa shape index (κ2) is 6.00. The van der Waals surface area contributed by atoms with Crippen LogP contribution in [0.3, 0.4) is 0 Å². The highest BCUT2D eigenvalue weighted by Crippen LogP contribution is 2.24. The molecule has 0 aromatic carbocycles. The van der Waals surface area contributed by atoms with Crippen molar-refractivity contribution in [1.29, 1.82) is 0 Å². The Morgan fingerprint density at radius 1 is 1.32 bits per heavy atom. The summed E-state index contributed by atoms with van der Waals surface area (Å²) in [7, 11) is 3.87. The molecule has 1 N–H and O–H groups in total. The van der Waals surface area contributed by atoms with Crippen LogP contribution in [0.25, 0.3) is 0 Å². The van der Waals surface area contributed by atoms with Crippen LogP contribution in [0.5, 0.6) is 0 Å². The number of nitrogens with zero attached hydrogens (tertiary/aromatic N) is 3. The Labute approximate surface area is 117 Å². The fourth-order valence-electron chi connectivity index (χ4n) is 2.58. The monoisotopic (exact) mass is 287 g/mol. The summed E-state index contributed by atoms with van der Waals surface area (Å²) in [5.41, 5.74) is 0. The van der Waals surface area contributed by atoms with Crippen molar-refractivity contribution in [2.24, 2.45) is 0 Å². The molecule has 0 saturated carbocycles.